The largest absolute Gasteiger partial charge is 0.174 e. The molecule has 0 saturated heterocycles. The molecule has 0 aromatic heterocycles. The van der Waals surface area contributed by atoms with Crippen LogP contribution < -0.4 is 0 Å². The molecule has 0 rings (SSSR count). The van der Waals surface area contributed by atoms with E-state index in [9.17, 15) is 0 Å². The molecule has 0 aliphatic carbocycles. The third kappa shape index (κ3) is 4.58. The molecule has 0 amide bonds. The van der Waals surface area contributed by atoms with Crippen molar-refractivity contribution in [1.29, 1.82) is 0 Å². The minimum atomic E-state index is 1.15. The van der Waals surface area contributed by atoms with Crippen LogP contribution in [-0.2, 0) is 0 Å². The summed E-state index contributed by atoms with van der Waals surface area (Å²) in [6.45, 7) is 1.97. The topological polar surface area (TPSA) is 0 Å². The Kier molecular flexibility index (Phi) is 5.12. The van der Waals surface area contributed by atoms with Gasteiger partial charge in [0.25, 0.3) is 0 Å². The summed E-state index contributed by atoms with van der Waals surface area (Å²) in [5, 5.41) is 0. The van der Waals surface area contributed by atoms with Crippen LogP contribution in [0, 0.1) is 0 Å². The van der Waals surface area contributed by atoms with Crippen molar-refractivity contribution in [3.63, 3.8) is 0 Å². The number of hydrogen-bond acceptors (Lipinski definition) is 1. The van der Waals surface area contributed by atoms with E-state index in [4.69, 9.17) is 7.12 Å². The summed E-state index contributed by atoms with van der Waals surface area (Å²) in [5.41, 5.74) is 0. The molecule has 3 heteroatoms. The zero-order valence-electron chi connectivity index (χ0n) is 3.01. The summed E-state index contributed by atoms with van der Waals surface area (Å²) < 4.78 is 0. The lowest BCUT2D eigenvalue weighted by Crippen LogP contribution is -1.36. The van der Waals surface area contributed by atoms with Gasteiger partial charge in [-0.05, 0) is 6.92 Å². The van der Waals surface area contributed by atoms with E-state index < -0.39 is 0 Å². The van der Waals surface area contributed by atoms with Gasteiger partial charge in [0.05, 0.1) is 0 Å². The molecule has 0 aliphatic rings. The Morgan fingerprint density at radius 2 is 2.60 bits per heavy atom. The van der Waals surface area contributed by atoms with Gasteiger partial charge in [0.2, 0.25) is 0 Å². The summed E-state index contributed by atoms with van der Waals surface area (Å²) in [5.74, 6) is 1.99. The van der Waals surface area contributed by atoms with Gasteiger partial charge in [0.15, 0.2) is 7.12 Å². The van der Waals surface area contributed by atoms with Crippen LogP contribution in [0.5, 0.6) is 0 Å². The summed E-state index contributed by atoms with van der Waals surface area (Å²) >= 11 is 1.32. The second-order valence-corrected chi connectivity index (χ2v) is 2.67. The van der Waals surface area contributed by atoms with Crippen molar-refractivity contribution in [2.24, 2.45) is 0 Å². The Balaban J connectivity index is 2.62. The molecule has 0 heterocycles. The van der Waals surface area contributed by atoms with Crippen LogP contribution in [0.1, 0.15) is 6.92 Å². The van der Waals surface area contributed by atoms with Crippen LogP contribution >= 0.6 is 18.6 Å². The number of rotatable bonds is 1. The van der Waals surface area contributed by atoms with Gasteiger partial charge in [-0.2, -0.15) is 11.2 Å². The van der Waals surface area contributed by atoms with Crippen LogP contribution in [0.15, 0.2) is 0 Å². The number of hydrogen-bond donors (Lipinski definition) is 0. The van der Waals surface area contributed by atoms with Crippen molar-refractivity contribution in [2.75, 3.05) is 0 Å². The Hall–Kier alpha value is 0.585. The SMILES string of the molecule is [B]SP=CC. The van der Waals surface area contributed by atoms with Crippen LogP contribution in [0.4, 0.5) is 0 Å². The van der Waals surface area contributed by atoms with Crippen LogP contribution in [-0.4, -0.2) is 12.9 Å². The normalized spacial score (nSPS) is 9.80. The molecular formula is C2H4BPS. The Labute approximate surface area is 39.2 Å². The van der Waals surface area contributed by atoms with Crippen LogP contribution in [0.3, 0.4) is 0 Å². The van der Waals surface area contributed by atoms with E-state index in [2.05, 4.69) is 0 Å². The maximum atomic E-state index is 5.01. The molecule has 0 bridgehead atoms. The zero-order valence-corrected chi connectivity index (χ0v) is 4.72. The summed E-state index contributed by atoms with van der Waals surface area (Å²) in [6.07, 6.45) is 0. The van der Waals surface area contributed by atoms with Gasteiger partial charge < -0.3 is 0 Å². The van der Waals surface area contributed by atoms with Gasteiger partial charge in [-0.3, -0.25) is 0 Å². The highest BCUT2D eigenvalue weighted by atomic mass is 32.7. The minimum Gasteiger partial charge on any atom is -0.171 e. The lowest BCUT2D eigenvalue weighted by Gasteiger charge is -1.65. The molecule has 0 fully saturated rings. The first-order chi connectivity index (χ1) is 2.41. The van der Waals surface area contributed by atoms with Crippen molar-refractivity contribution in [3.05, 3.63) is 0 Å². The zero-order chi connectivity index (χ0) is 4.12. The molecule has 0 N–H and O–H groups in total. The second kappa shape index (κ2) is 4.58. The highest BCUT2D eigenvalue weighted by Gasteiger charge is 1.53. The lowest BCUT2D eigenvalue weighted by atomic mass is 10.8. The monoisotopic (exact) mass is 102 g/mol. The van der Waals surface area contributed by atoms with Crippen molar-refractivity contribution in [1.82, 2.24) is 0 Å². The molecule has 0 saturated carbocycles. The van der Waals surface area contributed by atoms with Gasteiger partial charge in [-0.15, -0.1) is 0 Å². The maximum absolute atomic E-state index is 5.01. The standard InChI is InChI=1S/C2H4BPS/c1-2-4-5-3/h2H,1H3. The average molecular weight is 102 g/mol. The van der Waals surface area contributed by atoms with Gasteiger partial charge in [-0.25, -0.2) is 0 Å². The summed E-state index contributed by atoms with van der Waals surface area (Å²) in [7, 11) is 6.16. The van der Waals surface area contributed by atoms with E-state index in [1.807, 2.05) is 12.7 Å². The molecule has 0 unspecified atom stereocenters. The molecule has 0 nitrogen and oxygen atoms in total. The van der Waals surface area contributed by atoms with Gasteiger partial charge in [0.1, 0.15) is 0 Å². The van der Waals surface area contributed by atoms with Crippen LogP contribution in [0.2, 0.25) is 0 Å². The Morgan fingerprint density at radius 3 is 2.60 bits per heavy atom. The quantitative estimate of drug-likeness (QED) is 0.357. The third-order valence-corrected chi connectivity index (χ3v) is 1.50. The Bertz CT molecular complexity index is 36.6. The van der Waals surface area contributed by atoms with Crippen molar-refractivity contribution < 1.29 is 0 Å². The molecule has 26 valence electrons. The molecular weight excluding hydrogens is 97.9 g/mol. The van der Waals surface area contributed by atoms with E-state index in [-0.39, 0.29) is 0 Å². The van der Waals surface area contributed by atoms with Crippen LogP contribution in [0.25, 0.3) is 0 Å². The predicted molar refractivity (Wildman–Crippen MR) is 32.0 cm³/mol. The van der Waals surface area contributed by atoms with Crippen molar-refractivity contribution in [2.45, 2.75) is 6.92 Å². The first kappa shape index (κ1) is 5.58. The third-order valence-electron chi connectivity index (χ3n) is 0.166. The maximum Gasteiger partial charge on any atom is 0.174 e. The molecule has 0 aromatic carbocycles. The summed E-state index contributed by atoms with van der Waals surface area (Å²) in [6, 6.07) is 0. The molecule has 2 radical (unpaired) electrons. The van der Waals surface area contributed by atoms with E-state index in [0.29, 0.717) is 0 Å². The molecule has 0 aliphatic heterocycles. The van der Waals surface area contributed by atoms with E-state index in [1.54, 1.807) is 0 Å². The fraction of sp³-hybridized carbons (Fsp3) is 0.500. The minimum absolute atomic E-state index is 1.15. The van der Waals surface area contributed by atoms with Gasteiger partial charge in [0, 0.05) is 0 Å². The highest BCUT2D eigenvalue weighted by molar-refractivity contribution is 8.60. The van der Waals surface area contributed by atoms with Crippen molar-refractivity contribution >= 4 is 31.6 Å². The molecule has 5 heavy (non-hydrogen) atoms. The lowest BCUT2D eigenvalue weighted by molar-refractivity contribution is 2.14. The highest BCUT2D eigenvalue weighted by Crippen LogP contribution is 2.09. The predicted octanol–water partition coefficient (Wildman–Crippen LogP) is 1.49. The van der Waals surface area contributed by atoms with Crippen molar-refractivity contribution in [3.8, 4) is 0 Å². The summed E-state index contributed by atoms with van der Waals surface area (Å²) in [4.78, 5) is 0. The first-order valence-corrected chi connectivity index (χ1v) is 3.70. The molecule has 0 aromatic rings. The average Bonchev–Trinajstić information content (AvgIpc) is 1.41. The first-order valence-electron chi connectivity index (χ1n) is 1.25. The molecule has 0 spiro atoms. The van der Waals surface area contributed by atoms with Gasteiger partial charge in [-0.1, -0.05) is 13.2 Å². The Morgan fingerprint density at radius 1 is 2.00 bits per heavy atom. The van der Waals surface area contributed by atoms with E-state index in [0.717, 1.165) is 7.41 Å². The molecule has 0 atom stereocenters. The van der Waals surface area contributed by atoms with E-state index in [1.165, 1.54) is 11.2 Å². The fourth-order valence-electron chi connectivity index (χ4n) is 0.0609. The van der Waals surface area contributed by atoms with E-state index >= 15 is 0 Å². The fourth-order valence-corrected chi connectivity index (χ4v) is 0.548. The van der Waals surface area contributed by atoms with Gasteiger partial charge >= 0.3 is 0 Å². The smallest absolute Gasteiger partial charge is 0.171 e. The second-order valence-electron chi connectivity index (χ2n) is 0.469.